The van der Waals surface area contributed by atoms with Gasteiger partial charge in [-0.05, 0) is 27.7 Å². The van der Waals surface area contributed by atoms with Crippen LogP contribution < -0.4 is 10.6 Å². The van der Waals surface area contributed by atoms with Crippen LogP contribution in [-0.4, -0.2) is 37.7 Å². The Morgan fingerprint density at radius 2 is 1.86 bits per heavy atom. The molecule has 0 aromatic heterocycles. The molecular formula is C10H22N2O2. The molecule has 0 saturated heterocycles. The maximum atomic E-state index is 11.5. The summed E-state index contributed by atoms with van der Waals surface area (Å²) in [6.07, 6.45) is 0. The summed E-state index contributed by atoms with van der Waals surface area (Å²) in [5.74, 6) is 0.0305. The highest BCUT2D eigenvalue weighted by Crippen LogP contribution is 1.90. The molecule has 0 rings (SSSR count). The van der Waals surface area contributed by atoms with Gasteiger partial charge in [-0.3, -0.25) is 4.79 Å². The van der Waals surface area contributed by atoms with Gasteiger partial charge in [-0.1, -0.05) is 0 Å². The third kappa shape index (κ3) is 5.94. The first-order valence-electron chi connectivity index (χ1n) is 5.02. The molecule has 84 valence electrons. The molecule has 0 saturated carbocycles. The van der Waals surface area contributed by atoms with Crippen LogP contribution in [0.15, 0.2) is 0 Å². The molecule has 4 nitrogen and oxygen atoms in total. The largest absolute Gasteiger partial charge is 0.383 e. The van der Waals surface area contributed by atoms with Crippen LogP contribution >= 0.6 is 0 Å². The summed E-state index contributed by atoms with van der Waals surface area (Å²) in [6.45, 7) is 8.35. The van der Waals surface area contributed by atoms with Gasteiger partial charge in [0.2, 0.25) is 5.91 Å². The van der Waals surface area contributed by atoms with Crippen LogP contribution in [-0.2, 0) is 9.53 Å². The number of hydrogen-bond acceptors (Lipinski definition) is 3. The lowest BCUT2D eigenvalue weighted by molar-refractivity contribution is -0.123. The molecule has 0 aromatic carbocycles. The van der Waals surface area contributed by atoms with Gasteiger partial charge in [-0.2, -0.15) is 0 Å². The third-order valence-corrected chi connectivity index (χ3v) is 1.78. The summed E-state index contributed by atoms with van der Waals surface area (Å²) in [5, 5.41) is 6.00. The monoisotopic (exact) mass is 202 g/mol. The van der Waals surface area contributed by atoms with Crippen LogP contribution in [0.2, 0.25) is 0 Å². The van der Waals surface area contributed by atoms with E-state index in [-0.39, 0.29) is 24.0 Å². The number of amides is 1. The van der Waals surface area contributed by atoms with Gasteiger partial charge < -0.3 is 15.4 Å². The van der Waals surface area contributed by atoms with Crippen molar-refractivity contribution in [1.82, 2.24) is 10.6 Å². The summed E-state index contributed by atoms with van der Waals surface area (Å²) in [7, 11) is 1.65. The first kappa shape index (κ1) is 13.4. The van der Waals surface area contributed by atoms with Crippen LogP contribution in [0.5, 0.6) is 0 Å². The van der Waals surface area contributed by atoms with Crippen LogP contribution in [0.3, 0.4) is 0 Å². The fraction of sp³-hybridized carbons (Fsp3) is 0.900. The topological polar surface area (TPSA) is 50.4 Å². The molecule has 2 N–H and O–H groups in total. The van der Waals surface area contributed by atoms with Gasteiger partial charge in [0.25, 0.3) is 0 Å². The molecule has 0 aliphatic heterocycles. The predicted octanol–water partition coefficient (Wildman–Crippen LogP) is 0.524. The summed E-state index contributed by atoms with van der Waals surface area (Å²) >= 11 is 0. The first-order valence-corrected chi connectivity index (χ1v) is 5.02. The van der Waals surface area contributed by atoms with E-state index in [1.165, 1.54) is 0 Å². The highest BCUT2D eigenvalue weighted by atomic mass is 16.5. The first-order chi connectivity index (χ1) is 6.47. The zero-order valence-corrected chi connectivity index (χ0v) is 9.76. The molecule has 2 atom stereocenters. The van der Waals surface area contributed by atoms with Crippen molar-refractivity contribution < 1.29 is 9.53 Å². The average molecular weight is 202 g/mol. The number of hydrogen-bond donors (Lipinski definition) is 2. The van der Waals surface area contributed by atoms with Gasteiger partial charge in [0.1, 0.15) is 0 Å². The second kappa shape index (κ2) is 6.79. The standard InChI is InChI=1S/C10H22N2O2/c1-7(2)11-10(13)9(4)12-8(3)6-14-5/h7-9,12H,6H2,1-5H3,(H,11,13). The maximum Gasteiger partial charge on any atom is 0.237 e. The fourth-order valence-corrected chi connectivity index (χ4v) is 1.21. The van der Waals surface area contributed by atoms with E-state index in [2.05, 4.69) is 10.6 Å². The zero-order chi connectivity index (χ0) is 11.1. The molecule has 14 heavy (non-hydrogen) atoms. The minimum absolute atomic E-state index is 0.0305. The van der Waals surface area contributed by atoms with Crippen LogP contribution in [0.1, 0.15) is 27.7 Å². The van der Waals surface area contributed by atoms with Gasteiger partial charge in [-0.15, -0.1) is 0 Å². The lowest BCUT2D eigenvalue weighted by atomic mass is 10.2. The highest BCUT2D eigenvalue weighted by molar-refractivity contribution is 5.81. The van der Waals surface area contributed by atoms with Crippen LogP contribution in [0, 0.1) is 0 Å². The van der Waals surface area contributed by atoms with E-state index in [4.69, 9.17) is 4.74 Å². The second-order valence-corrected chi connectivity index (χ2v) is 3.91. The van der Waals surface area contributed by atoms with Gasteiger partial charge >= 0.3 is 0 Å². The van der Waals surface area contributed by atoms with Crippen LogP contribution in [0.4, 0.5) is 0 Å². The van der Waals surface area contributed by atoms with E-state index in [1.54, 1.807) is 7.11 Å². The summed E-state index contributed by atoms with van der Waals surface area (Å²) in [6, 6.07) is 0.194. The predicted molar refractivity (Wildman–Crippen MR) is 57.2 cm³/mol. The van der Waals surface area contributed by atoms with Gasteiger partial charge in [0.15, 0.2) is 0 Å². The highest BCUT2D eigenvalue weighted by Gasteiger charge is 2.15. The Balaban J connectivity index is 3.82. The van der Waals surface area contributed by atoms with Gasteiger partial charge in [0, 0.05) is 19.2 Å². The molecule has 0 aromatic rings. The molecule has 0 radical (unpaired) electrons. The van der Waals surface area contributed by atoms with E-state index in [9.17, 15) is 4.79 Å². The van der Waals surface area contributed by atoms with Crippen molar-refractivity contribution in [3.8, 4) is 0 Å². The molecule has 0 aliphatic carbocycles. The van der Waals surface area contributed by atoms with E-state index >= 15 is 0 Å². The van der Waals surface area contributed by atoms with Crippen molar-refractivity contribution in [1.29, 1.82) is 0 Å². The maximum absolute atomic E-state index is 11.5. The Morgan fingerprint density at radius 3 is 2.29 bits per heavy atom. The Labute approximate surface area is 86.4 Å². The molecular weight excluding hydrogens is 180 g/mol. The second-order valence-electron chi connectivity index (χ2n) is 3.91. The molecule has 1 amide bonds. The molecule has 4 heteroatoms. The van der Waals surface area contributed by atoms with E-state index < -0.39 is 0 Å². The summed E-state index contributed by atoms with van der Waals surface area (Å²) in [4.78, 5) is 11.5. The SMILES string of the molecule is COCC(C)NC(C)C(=O)NC(C)C. The summed E-state index contributed by atoms with van der Waals surface area (Å²) in [5.41, 5.74) is 0. The number of carbonyl (C=O) groups is 1. The van der Waals surface area contributed by atoms with Crippen molar-refractivity contribution in [2.75, 3.05) is 13.7 Å². The van der Waals surface area contributed by atoms with Crippen molar-refractivity contribution in [2.24, 2.45) is 0 Å². The van der Waals surface area contributed by atoms with Crippen molar-refractivity contribution >= 4 is 5.91 Å². The number of ether oxygens (including phenoxy) is 1. The lowest BCUT2D eigenvalue weighted by Crippen LogP contribution is -2.48. The minimum Gasteiger partial charge on any atom is -0.383 e. The van der Waals surface area contributed by atoms with Crippen LogP contribution in [0.25, 0.3) is 0 Å². The van der Waals surface area contributed by atoms with E-state index in [0.29, 0.717) is 6.61 Å². The quantitative estimate of drug-likeness (QED) is 0.660. The summed E-state index contributed by atoms with van der Waals surface area (Å²) < 4.78 is 4.97. The molecule has 2 unspecified atom stereocenters. The number of methoxy groups -OCH3 is 1. The van der Waals surface area contributed by atoms with Crippen molar-refractivity contribution in [3.63, 3.8) is 0 Å². The normalized spacial score (nSPS) is 15.3. The van der Waals surface area contributed by atoms with Gasteiger partial charge in [-0.25, -0.2) is 0 Å². The van der Waals surface area contributed by atoms with E-state index in [0.717, 1.165) is 0 Å². The number of carbonyl (C=O) groups excluding carboxylic acids is 1. The Hall–Kier alpha value is -0.610. The Bertz CT molecular complexity index is 172. The fourth-order valence-electron chi connectivity index (χ4n) is 1.21. The molecule has 0 heterocycles. The Kier molecular flexibility index (Phi) is 6.49. The van der Waals surface area contributed by atoms with Gasteiger partial charge in [0.05, 0.1) is 12.6 Å². The van der Waals surface area contributed by atoms with E-state index in [1.807, 2.05) is 27.7 Å². The number of rotatable bonds is 6. The Morgan fingerprint density at radius 1 is 1.29 bits per heavy atom. The molecule has 0 aliphatic rings. The van der Waals surface area contributed by atoms with Crippen molar-refractivity contribution in [2.45, 2.75) is 45.8 Å². The lowest BCUT2D eigenvalue weighted by Gasteiger charge is -2.20. The molecule has 0 bridgehead atoms. The zero-order valence-electron chi connectivity index (χ0n) is 9.76. The average Bonchev–Trinajstić information content (AvgIpc) is 2.02. The third-order valence-electron chi connectivity index (χ3n) is 1.78. The number of nitrogens with one attached hydrogen (secondary N) is 2. The molecule has 0 spiro atoms. The van der Waals surface area contributed by atoms with Crippen molar-refractivity contribution in [3.05, 3.63) is 0 Å². The minimum atomic E-state index is -0.178. The smallest absolute Gasteiger partial charge is 0.237 e. The molecule has 0 fully saturated rings.